The van der Waals surface area contributed by atoms with Gasteiger partial charge in [-0.1, -0.05) is 6.07 Å². The minimum Gasteiger partial charge on any atom is -0.325 e. The number of nitrogens with one attached hydrogen (secondary N) is 1. The molecule has 17 heavy (non-hydrogen) atoms. The molecular weight excluding hydrogens is 214 g/mol. The Morgan fingerprint density at radius 3 is 3.18 bits per heavy atom. The van der Waals surface area contributed by atoms with Gasteiger partial charge in [0.05, 0.1) is 5.69 Å². The van der Waals surface area contributed by atoms with Crippen molar-refractivity contribution in [2.24, 2.45) is 11.7 Å². The molecule has 1 aliphatic rings. The first-order chi connectivity index (χ1) is 8.36. The molecule has 1 fully saturated rings. The van der Waals surface area contributed by atoms with Crippen LogP contribution in [0.5, 0.6) is 0 Å². The number of nitrogens with two attached hydrogens (primary N) is 1. The number of pyridine rings is 1. The van der Waals surface area contributed by atoms with E-state index in [1.807, 2.05) is 22.7 Å². The van der Waals surface area contributed by atoms with Gasteiger partial charge in [0.2, 0.25) is 0 Å². The van der Waals surface area contributed by atoms with Gasteiger partial charge in [-0.3, -0.25) is 0 Å². The summed E-state index contributed by atoms with van der Waals surface area (Å²) in [4.78, 5) is 4.55. The van der Waals surface area contributed by atoms with Gasteiger partial charge in [0, 0.05) is 13.0 Å². The van der Waals surface area contributed by atoms with Gasteiger partial charge in [-0.25, -0.2) is 9.50 Å². The first-order valence-corrected chi connectivity index (χ1v) is 6.11. The van der Waals surface area contributed by atoms with Crippen molar-refractivity contribution >= 4 is 5.65 Å². The van der Waals surface area contributed by atoms with Crippen molar-refractivity contribution in [3.05, 3.63) is 29.7 Å². The number of rotatable bonds is 3. The summed E-state index contributed by atoms with van der Waals surface area (Å²) in [6.07, 6.45) is 2.18. The maximum Gasteiger partial charge on any atom is 0.155 e. The smallest absolute Gasteiger partial charge is 0.155 e. The van der Waals surface area contributed by atoms with Gasteiger partial charge in [0.25, 0.3) is 0 Å². The van der Waals surface area contributed by atoms with Crippen LogP contribution >= 0.6 is 0 Å². The first-order valence-electron chi connectivity index (χ1n) is 6.11. The highest BCUT2D eigenvalue weighted by molar-refractivity contribution is 5.38. The van der Waals surface area contributed by atoms with Crippen LogP contribution in [0, 0.1) is 5.92 Å². The molecule has 0 bridgehead atoms. The zero-order valence-corrected chi connectivity index (χ0v) is 9.76. The predicted molar refractivity (Wildman–Crippen MR) is 65.6 cm³/mol. The molecule has 0 aliphatic carbocycles. The van der Waals surface area contributed by atoms with Crippen molar-refractivity contribution < 1.29 is 0 Å². The summed E-state index contributed by atoms with van der Waals surface area (Å²) in [5.41, 5.74) is 7.59. The molecule has 5 nitrogen and oxygen atoms in total. The normalized spacial score (nSPS) is 20.2. The van der Waals surface area contributed by atoms with Crippen LogP contribution in [0.3, 0.4) is 0 Å². The molecule has 0 aromatic carbocycles. The highest BCUT2D eigenvalue weighted by atomic mass is 15.3. The van der Waals surface area contributed by atoms with Crippen LogP contribution in [-0.4, -0.2) is 27.7 Å². The summed E-state index contributed by atoms with van der Waals surface area (Å²) in [6, 6.07) is 5.94. The summed E-state index contributed by atoms with van der Waals surface area (Å²) in [5.74, 6) is 1.60. The fraction of sp³-hybridized carbons (Fsp3) is 0.500. The molecular formula is C12H17N5. The van der Waals surface area contributed by atoms with Crippen molar-refractivity contribution in [2.75, 3.05) is 13.1 Å². The number of fused-ring (bicyclic) bond motifs is 1. The molecule has 3 N–H and O–H groups in total. The van der Waals surface area contributed by atoms with Crippen LogP contribution in [0.4, 0.5) is 0 Å². The molecule has 3 heterocycles. The lowest BCUT2D eigenvalue weighted by atomic mass is 10.1. The summed E-state index contributed by atoms with van der Waals surface area (Å²) in [5, 5.41) is 7.91. The van der Waals surface area contributed by atoms with Gasteiger partial charge in [-0.15, -0.1) is 0 Å². The topological polar surface area (TPSA) is 68.2 Å². The second kappa shape index (κ2) is 4.43. The van der Waals surface area contributed by atoms with E-state index in [0.717, 1.165) is 36.7 Å². The fourth-order valence-electron chi connectivity index (χ4n) is 2.39. The predicted octanol–water partition coefficient (Wildman–Crippen LogP) is 0.340. The van der Waals surface area contributed by atoms with E-state index in [0.29, 0.717) is 12.5 Å². The molecule has 5 heteroatoms. The van der Waals surface area contributed by atoms with Crippen molar-refractivity contribution in [2.45, 2.75) is 19.4 Å². The van der Waals surface area contributed by atoms with Crippen LogP contribution in [0.15, 0.2) is 18.2 Å². The van der Waals surface area contributed by atoms with Crippen molar-refractivity contribution in [1.29, 1.82) is 0 Å². The molecule has 1 atom stereocenters. The lowest BCUT2D eigenvalue weighted by molar-refractivity contribution is 0.560. The van der Waals surface area contributed by atoms with E-state index in [1.165, 1.54) is 6.42 Å². The largest absolute Gasteiger partial charge is 0.325 e. The van der Waals surface area contributed by atoms with E-state index >= 15 is 0 Å². The molecule has 3 rings (SSSR count). The van der Waals surface area contributed by atoms with Crippen LogP contribution in [-0.2, 0) is 13.0 Å². The molecule has 1 unspecified atom stereocenters. The van der Waals surface area contributed by atoms with E-state index in [4.69, 9.17) is 5.73 Å². The van der Waals surface area contributed by atoms with E-state index < -0.39 is 0 Å². The molecule has 90 valence electrons. The zero-order chi connectivity index (χ0) is 11.7. The third kappa shape index (κ3) is 2.03. The first kappa shape index (κ1) is 10.7. The monoisotopic (exact) mass is 231 g/mol. The summed E-state index contributed by atoms with van der Waals surface area (Å²) in [7, 11) is 0. The summed E-state index contributed by atoms with van der Waals surface area (Å²) < 4.78 is 1.86. The SMILES string of the molecule is NCc1cccc2nc(CC3CCNC3)nn12. The molecule has 1 saturated heterocycles. The lowest BCUT2D eigenvalue weighted by Gasteiger charge is -2.02. The van der Waals surface area contributed by atoms with Gasteiger partial charge >= 0.3 is 0 Å². The molecule has 0 radical (unpaired) electrons. The van der Waals surface area contributed by atoms with Crippen LogP contribution in [0.25, 0.3) is 5.65 Å². The van der Waals surface area contributed by atoms with E-state index in [2.05, 4.69) is 15.4 Å². The van der Waals surface area contributed by atoms with Gasteiger partial charge in [-0.05, 0) is 37.6 Å². The minimum absolute atomic E-state index is 0.491. The van der Waals surface area contributed by atoms with E-state index in [-0.39, 0.29) is 0 Å². The maximum absolute atomic E-state index is 5.69. The van der Waals surface area contributed by atoms with Crippen molar-refractivity contribution in [3.63, 3.8) is 0 Å². The molecule has 0 saturated carbocycles. The molecule has 0 spiro atoms. The Kier molecular flexibility index (Phi) is 2.78. The minimum atomic E-state index is 0.491. The van der Waals surface area contributed by atoms with Crippen molar-refractivity contribution in [1.82, 2.24) is 19.9 Å². The van der Waals surface area contributed by atoms with Crippen LogP contribution in [0.1, 0.15) is 17.9 Å². The Morgan fingerprint density at radius 1 is 1.47 bits per heavy atom. The maximum atomic E-state index is 5.69. The van der Waals surface area contributed by atoms with Crippen LogP contribution in [0.2, 0.25) is 0 Å². The van der Waals surface area contributed by atoms with Gasteiger partial charge in [-0.2, -0.15) is 5.10 Å². The Morgan fingerprint density at radius 2 is 2.41 bits per heavy atom. The molecule has 2 aromatic rings. The highest BCUT2D eigenvalue weighted by Gasteiger charge is 2.17. The third-order valence-electron chi connectivity index (χ3n) is 3.32. The van der Waals surface area contributed by atoms with E-state index in [1.54, 1.807) is 0 Å². The Balaban J connectivity index is 1.90. The Labute approximate surface area is 100 Å². The number of hydrogen-bond acceptors (Lipinski definition) is 4. The van der Waals surface area contributed by atoms with Gasteiger partial charge in [0.15, 0.2) is 11.5 Å². The van der Waals surface area contributed by atoms with Crippen LogP contribution < -0.4 is 11.1 Å². The summed E-state index contributed by atoms with van der Waals surface area (Å²) in [6.45, 7) is 2.69. The quantitative estimate of drug-likeness (QED) is 0.799. The second-order valence-electron chi connectivity index (χ2n) is 4.58. The third-order valence-corrected chi connectivity index (χ3v) is 3.32. The number of nitrogens with zero attached hydrogens (tertiary/aromatic N) is 3. The summed E-state index contributed by atoms with van der Waals surface area (Å²) >= 11 is 0. The van der Waals surface area contributed by atoms with Gasteiger partial charge < -0.3 is 11.1 Å². The average molecular weight is 231 g/mol. The average Bonchev–Trinajstić information content (AvgIpc) is 2.97. The molecule has 2 aromatic heterocycles. The Bertz CT molecular complexity index is 513. The highest BCUT2D eigenvalue weighted by Crippen LogP contribution is 2.14. The molecule has 0 amide bonds. The van der Waals surface area contributed by atoms with Gasteiger partial charge in [0.1, 0.15) is 0 Å². The fourth-order valence-corrected chi connectivity index (χ4v) is 2.39. The van der Waals surface area contributed by atoms with E-state index in [9.17, 15) is 0 Å². The Hall–Kier alpha value is -1.46. The standard InChI is InChI=1S/C12H17N5/c13-7-10-2-1-3-12-15-11(16-17(10)12)6-9-4-5-14-8-9/h1-3,9,14H,4-8,13H2. The number of aromatic nitrogens is 3. The second-order valence-corrected chi connectivity index (χ2v) is 4.58. The number of hydrogen-bond donors (Lipinski definition) is 2. The van der Waals surface area contributed by atoms with Crippen molar-refractivity contribution in [3.8, 4) is 0 Å². The lowest BCUT2D eigenvalue weighted by Crippen LogP contribution is -2.11. The zero-order valence-electron chi connectivity index (χ0n) is 9.76. The molecule has 1 aliphatic heterocycles.